The fourth-order valence-corrected chi connectivity index (χ4v) is 2.79. The van der Waals surface area contributed by atoms with E-state index in [1.165, 1.54) is 0 Å². The first-order chi connectivity index (χ1) is 9.49. The van der Waals surface area contributed by atoms with Gasteiger partial charge in [-0.3, -0.25) is 15.0 Å². The minimum absolute atomic E-state index is 0.156. The van der Waals surface area contributed by atoms with E-state index < -0.39 is 0 Å². The van der Waals surface area contributed by atoms with Gasteiger partial charge in [0.15, 0.2) is 0 Å². The molecule has 1 aromatic carbocycles. The molecular formula is C14H21N3O3. The Bertz CT molecular complexity index is 478. The number of anilines is 1. The molecule has 1 saturated heterocycles. The Hall–Kier alpha value is -1.66. The normalized spacial score (nSPS) is 21.8. The van der Waals surface area contributed by atoms with E-state index in [0.717, 1.165) is 19.6 Å². The molecule has 1 aliphatic heterocycles. The fraction of sp³-hybridized carbons (Fsp3) is 0.571. The second-order valence-electron chi connectivity index (χ2n) is 5.40. The largest absolute Gasteiger partial charge is 0.392 e. The molecule has 110 valence electrons. The molecule has 6 nitrogen and oxygen atoms in total. The van der Waals surface area contributed by atoms with Gasteiger partial charge in [-0.25, -0.2) is 0 Å². The third-order valence-electron chi connectivity index (χ3n) is 3.62. The van der Waals surface area contributed by atoms with Crippen LogP contribution in [0.1, 0.15) is 13.8 Å². The summed E-state index contributed by atoms with van der Waals surface area (Å²) >= 11 is 0. The number of piperazine rings is 1. The van der Waals surface area contributed by atoms with Crippen LogP contribution in [0.5, 0.6) is 0 Å². The SMILES string of the molecule is CC(O)CN1CCN(c2ccccc2[N+](=O)[O-])C(C)C1. The summed E-state index contributed by atoms with van der Waals surface area (Å²) in [6, 6.07) is 7.06. The van der Waals surface area contributed by atoms with Crippen LogP contribution in [0.4, 0.5) is 11.4 Å². The summed E-state index contributed by atoms with van der Waals surface area (Å²) in [5.74, 6) is 0. The van der Waals surface area contributed by atoms with Crippen molar-refractivity contribution in [3.05, 3.63) is 34.4 Å². The lowest BCUT2D eigenvalue weighted by Gasteiger charge is -2.41. The van der Waals surface area contributed by atoms with Crippen LogP contribution in [0.3, 0.4) is 0 Å². The first-order valence-electron chi connectivity index (χ1n) is 6.89. The zero-order chi connectivity index (χ0) is 14.7. The highest BCUT2D eigenvalue weighted by Crippen LogP contribution is 2.30. The molecule has 6 heteroatoms. The van der Waals surface area contributed by atoms with Crippen molar-refractivity contribution in [3.63, 3.8) is 0 Å². The van der Waals surface area contributed by atoms with Crippen molar-refractivity contribution in [3.8, 4) is 0 Å². The minimum atomic E-state index is -0.347. The molecule has 1 N–H and O–H groups in total. The Balaban J connectivity index is 2.14. The van der Waals surface area contributed by atoms with Gasteiger partial charge < -0.3 is 10.0 Å². The highest BCUT2D eigenvalue weighted by Gasteiger charge is 2.28. The van der Waals surface area contributed by atoms with Gasteiger partial charge in [-0.2, -0.15) is 0 Å². The third-order valence-corrected chi connectivity index (χ3v) is 3.62. The van der Waals surface area contributed by atoms with Gasteiger partial charge in [0.2, 0.25) is 0 Å². The van der Waals surface area contributed by atoms with Gasteiger partial charge in [0.25, 0.3) is 5.69 Å². The quantitative estimate of drug-likeness (QED) is 0.668. The number of para-hydroxylation sites is 2. The minimum Gasteiger partial charge on any atom is -0.392 e. The summed E-state index contributed by atoms with van der Waals surface area (Å²) in [6.07, 6.45) is -0.347. The molecule has 0 amide bonds. The van der Waals surface area contributed by atoms with Gasteiger partial charge in [-0.05, 0) is 19.9 Å². The van der Waals surface area contributed by atoms with Crippen LogP contribution in [-0.2, 0) is 0 Å². The summed E-state index contributed by atoms with van der Waals surface area (Å²) in [5.41, 5.74) is 0.838. The van der Waals surface area contributed by atoms with Crippen LogP contribution < -0.4 is 4.90 Å². The lowest BCUT2D eigenvalue weighted by molar-refractivity contribution is -0.384. The van der Waals surface area contributed by atoms with Crippen molar-refractivity contribution < 1.29 is 10.0 Å². The number of hydrogen-bond donors (Lipinski definition) is 1. The third kappa shape index (κ3) is 3.26. The molecular weight excluding hydrogens is 258 g/mol. The zero-order valence-corrected chi connectivity index (χ0v) is 11.9. The van der Waals surface area contributed by atoms with Gasteiger partial charge in [-0.15, -0.1) is 0 Å². The summed E-state index contributed by atoms with van der Waals surface area (Å²) in [4.78, 5) is 15.1. The molecule has 0 radical (unpaired) electrons. The number of aliphatic hydroxyl groups is 1. The smallest absolute Gasteiger partial charge is 0.292 e. The number of benzene rings is 1. The molecule has 0 aromatic heterocycles. The molecule has 0 spiro atoms. The van der Waals surface area contributed by atoms with Gasteiger partial charge in [0, 0.05) is 38.3 Å². The maximum atomic E-state index is 11.1. The van der Waals surface area contributed by atoms with E-state index in [2.05, 4.69) is 16.7 Å². The Kier molecular flexibility index (Phi) is 4.57. The van der Waals surface area contributed by atoms with Crippen molar-refractivity contribution in [2.75, 3.05) is 31.1 Å². The summed E-state index contributed by atoms with van der Waals surface area (Å²) in [6.45, 7) is 6.83. The van der Waals surface area contributed by atoms with E-state index >= 15 is 0 Å². The molecule has 2 atom stereocenters. The zero-order valence-electron chi connectivity index (χ0n) is 11.9. The van der Waals surface area contributed by atoms with Gasteiger partial charge in [0.05, 0.1) is 11.0 Å². The first kappa shape index (κ1) is 14.7. The predicted octanol–water partition coefficient (Wildman–Crippen LogP) is 1.49. The average Bonchev–Trinajstić information content (AvgIpc) is 2.38. The number of nitrogens with zero attached hydrogens (tertiary/aromatic N) is 3. The maximum Gasteiger partial charge on any atom is 0.292 e. The Morgan fingerprint density at radius 2 is 2.15 bits per heavy atom. The number of rotatable bonds is 4. The van der Waals surface area contributed by atoms with Crippen molar-refractivity contribution in [2.24, 2.45) is 0 Å². The maximum absolute atomic E-state index is 11.1. The van der Waals surface area contributed by atoms with Crippen LogP contribution in [0.25, 0.3) is 0 Å². The molecule has 0 bridgehead atoms. The number of nitro groups is 1. The molecule has 1 aliphatic rings. The number of β-amino-alcohol motifs (C(OH)–C–C–N with tert-alkyl or cyclic N) is 1. The van der Waals surface area contributed by atoms with E-state index in [1.54, 1.807) is 25.1 Å². The Morgan fingerprint density at radius 1 is 1.45 bits per heavy atom. The van der Waals surface area contributed by atoms with Crippen molar-refractivity contribution in [1.29, 1.82) is 0 Å². The van der Waals surface area contributed by atoms with Crippen LogP contribution in [-0.4, -0.2) is 53.3 Å². The highest BCUT2D eigenvalue weighted by molar-refractivity contribution is 5.63. The highest BCUT2D eigenvalue weighted by atomic mass is 16.6. The molecule has 1 aromatic rings. The van der Waals surface area contributed by atoms with Crippen LogP contribution in [0.2, 0.25) is 0 Å². The van der Waals surface area contributed by atoms with Gasteiger partial charge in [-0.1, -0.05) is 12.1 Å². The molecule has 0 saturated carbocycles. The van der Waals surface area contributed by atoms with E-state index in [4.69, 9.17) is 0 Å². The van der Waals surface area contributed by atoms with Crippen LogP contribution in [0, 0.1) is 10.1 Å². The summed E-state index contributed by atoms with van der Waals surface area (Å²) in [7, 11) is 0. The standard InChI is InChI=1S/C14H21N3O3/c1-11-9-15(10-12(2)18)7-8-16(11)13-5-3-4-6-14(13)17(19)20/h3-6,11-12,18H,7-10H2,1-2H3. The van der Waals surface area contributed by atoms with Crippen molar-refractivity contribution in [1.82, 2.24) is 4.90 Å². The van der Waals surface area contributed by atoms with E-state index in [1.807, 2.05) is 6.07 Å². The fourth-order valence-electron chi connectivity index (χ4n) is 2.79. The second kappa shape index (κ2) is 6.19. The second-order valence-corrected chi connectivity index (χ2v) is 5.40. The number of hydrogen-bond acceptors (Lipinski definition) is 5. The van der Waals surface area contributed by atoms with Gasteiger partial charge >= 0.3 is 0 Å². The molecule has 20 heavy (non-hydrogen) atoms. The lowest BCUT2D eigenvalue weighted by atomic mass is 10.1. The summed E-state index contributed by atoms with van der Waals surface area (Å²) in [5, 5.41) is 20.6. The molecule has 2 rings (SSSR count). The predicted molar refractivity (Wildman–Crippen MR) is 78.0 cm³/mol. The molecule has 1 fully saturated rings. The van der Waals surface area contributed by atoms with Crippen molar-refractivity contribution in [2.45, 2.75) is 26.0 Å². The van der Waals surface area contributed by atoms with Crippen molar-refractivity contribution >= 4 is 11.4 Å². The Morgan fingerprint density at radius 3 is 2.75 bits per heavy atom. The van der Waals surface area contributed by atoms with Crippen LogP contribution >= 0.6 is 0 Å². The average molecular weight is 279 g/mol. The van der Waals surface area contributed by atoms with Gasteiger partial charge in [0.1, 0.15) is 5.69 Å². The van der Waals surface area contributed by atoms with E-state index in [0.29, 0.717) is 12.2 Å². The summed E-state index contributed by atoms with van der Waals surface area (Å²) < 4.78 is 0. The Labute approximate surface area is 118 Å². The van der Waals surface area contributed by atoms with E-state index in [-0.39, 0.29) is 22.8 Å². The number of nitro benzene ring substituents is 1. The molecule has 0 aliphatic carbocycles. The van der Waals surface area contributed by atoms with Crippen LogP contribution in [0.15, 0.2) is 24.3 Å². The lowest BCUT2D eigenvalue weighted by Crippen LogP contribution is -2.53. The monoisotopic (exact) mass is 279 g/mol. The molecule has 1 heterocycles. The van der Waals surface area contributed by atoms with E-state index in [9.17, 15) is 15.2 Å². The first-order valence-corrected chi connectivity index (χ1v) is 6.89. The number of aliphatic hydroxyl groups excluding tert-OH is 1. The topological polar surface area (TPSA) is 69.8 Å². The molecule has 2 unspecified atom stereocenters.